The summed E-state index contributed by atoms with van der Waals surface area (Å²) in [5.41, 5.74) is 7.44. The molecule has 0 aliphatic carbocycles. The highest BCUT2D eigenvalue weighted by Gasteiger charge is 2.38. The van der Waals surface area contributed by atoms with Crippen LogP contribution in [0.25, 0.3) is 11.0 Å². The van der Waals surface area contributed by atoms with E-state index >= 15 is 4.39 Å². The van der Waals surface area contributed by atoms with Gasteiger partial charge in [0.1, 0.15) is 27.4 Å². The van der Waals surface area contributed by atoms with Crippen LogP contribution in [0.15, 0.2) is 12.4 Å². The maximum Gasteiger partial charge on any atom is 0.407 e. The van der Waals surface area contributed by atoms with Crippen molar-refractivity contribution in [3.8, 4) is 5.75 Å². The van der Waals surface area contributed by atoms with Crippen LogP contribution in [0.5, 0.6) is 5.75 Å². The Balaban J connectivity index is 1.85. The lowest BCUT2D eigenvalue weighted by Crippen LogP contribution is -2.48. The molecular formula is C19H19ClFIN6O3. The first-order valence-corrected chi connectivity index (χ1v) is 11.0. The Labute approximate surface area is 195 Å². The number of carboxylic acid groups (broad SMARTS) is 1. The molecule has 1 atom stereocenters. The molecule has 31 heavy (non-hydrogen) atoms. The van der Waals surface area contributed by atoms with Crippen molar-refractivity contribution in [3.63, 3.8) is 0 Å². The fourth-order valence-electron chi connectivity index (χ4n) is 3.80. The summed E-state index contributed by atoms with van der Waals surface area (Å²) in [6.45, 7) is 4.33. The molecule has 9 nitrogen and oxygen atoms in total. The van der Waals surface area contributed by atoms with Crippen LogP contribution in [0.4, 0.5) is 15.0 Å². The number of fused-ring (bicyclic) bond motifs is 1. The van der Waals surface area contributed by atoms with Crippen molar-refractivity contribution in [2.24, 2.45) is 0 Å². The highest BCUT2D eigenvalue weighted by atomic mass is 127. The number of benzene rings is 1. The summed E-state index contributed by atoms with van der Waals surface area (Å²) in [5, 5.41) is 14.3. The van der Waals surface area contributed by atoms with E-state index in [-0.39, 0.29) is 29.6 Å². The third kappa shape index (κ3) is 3.63. The Morgan fingerprint density at radius 3 is 2.84 bits per heavy atom. The number of ether oxygens (including phenoxy) is 1. The summed E-state index contributed by atoms with van der Waals surface area (Å²) < 4.78 is 23.3. The van der Waals surface area contributed by atoms with Gasteiger partial charge in [-0.1, -0.05) is 11.6 Å². The number of amides is 1. The minimum atomic E-state index is -1.04. The van der Waals surface area contributed by atoms with Gasteiger partial charge in [-0.3, -0.25) is 0 Å². The minimum Gasteiger partial charge on any atom is -0.493 e. The predicted octanol–water partition coefficient (Wildman–Crippen LogP) is 3.89. The van der Waals surface area contributed by atoms with Crippen LogP contribution < -0.4 is 10.5 Å². The van der Waals surface area contributed by atoms with Crippen LogP contribution in [0.2, 0.25) is 5.02 Å². The molecule has 1 aliphatic heterocycles. The SMILES string of the molecule is CCOc1c(C(C)n2nc(I)c3c(N)ncnc32)cc(Cl)c(F)c1C1CN(C(=O)O)C1. The standard InChI is InChI=1S/C19H19ClFIN6O3/c1-3-31-15-10(4-11(20)14(21)12(15)9-5-27(6-9)19(29)30)8(2)28-18-13(16(22)26-28)17(23)24-7-25-18/h4,7-9H,3,5-6H2,1-2H3,(H,29,30)(H2,23,24,25). The van der Waals surface area contributed by atoms with Gasteiger partial charge < -0.3 is 20.5 Å². The number of halogens is 3. The van der Waals surface area contributed by atoms with Crippen molar-refractivity contribution < 1.29 is 19.0 Å². The number of likely N-dealkylation sites (tertiary alicyclic amines) is 1. The first-order chi connectivity index (χ1) is 14.7. The molecule has 4 rings (SSSR count). The van der Waals surface area contributed by atoms with Crippen LogP contribution >= 0.6 is 34.2 Å². The molecule has 1 fully saturated rings. The number of nitrogens with two attached hydrogens (primary N) is 1. The third-order valence-electron chi connectivity index (χ3n) is 5.38. The van der Waals surface area contributed by atoms with Gasteiger partial charge in [0.15, 0.2) is 5.65 Å². The summed E-state index contributed by atoms with van der Waals surface area (Å²) in [4.78, 5) is 20.7. The van der Waals surface area contributed by atoms with Crippen LogP contribution in [0.3, 0.4) is 0 Å². The van der Waals surface area contributed by atoms with E-state index in [1.54, 1.807) is 11.6 Å². The molecule has 0 spiro atoms. The fourth-order valence-corrected chi connectivity index (χ4v) is 4.77. The summed E-state index contributed by atoms with van der Waals surface area (Å²) in [6.07, 6.45) is 0.320. The molecule has 2 aromatic heterocycles. The zero-order valence-electron chi connectivity index (χ0n) is 16.6. The van der Waals surface area contributed by atoms with Gasteiger partial charge in [0, 0.05) is 30.1 Å². The zero-order chi connectivity index (χ0) is 22.4. The second-order valence-electron chi connectivity index (χ2n) is 7.19. The number of aromatic nitrogens is 4. The molecule has 164 valence electrons. The summed E-state index contributed by atoms with van der Waals surface area (Å²) >= 11 is 8.32. The number of nitrogen functional groups attached to an aromatic ring is 1. The van der Waals surface area contributed by atoms with Gasteiger partial charge in [0.2, 0.25) is 0 Å². The topological polar surface area (TPSA) is 119 Å². The van der Waals surface area contributed by atoms with Gasteiger partial charge in [-0.25, -0.2) is 23.8 Å². The van der Waals surface area contributed by atoms with Crippen molar-refractivity contribution in [1.29, 1.82) is 0 Å². The molecule has 0 radical (unpaired) electrons. The Kier molecular flexibility index (Phi) is 5.81. The van der Waals surface area contributed by atoms with Gasteiger partial charge in [-0.2, -0.15) is 5.10 Å². The van der Waals surface area contributed by atoms with Crippen molar-refractivity contribution >= 4 is 57.1 Å². The quantitative estimate of drug-likeness (QED) is 0.455. The number of hydrogen-bond donors (Lipinski definition) is 2. The molecule has 3 aromatic rings. The lowest BCUT2D eigenvalue weighted by Gasteiger charge is -2.38. The zero-order valence-corrected chi connectivity index (χ0v) is 19.6. The Hall–Kier alpha value is -2.41. The summed E-state index contributed by atoms with van der Waals surface area (Å²) in [6, 6.07) is 1.10. The molecule has 1 amide bonds. The van der Waals surface area contributed by atoms with E-state index in [9.17, 15) is 4.79 Å². The fraction of sp³-hybridized carbons (Fsp3) is 0.368. The molecule has 12 heteroatoms. The van der Waals surface area contributed by atoms with Crippen LogP contribution in [-0.2, 0) is 0 Å². The first kappa shape index (κ1) is 21.8. The second-order valence-corrected chi connectivity index (χ2v) is 8.62. The molecular weight excluding hydrogens is 542 g/mol. The number of anilines is 1. The normalized spacial score (nSPS) is 15.2. The smallest absolute Gasteiger partial charge is 0.407 e. The van der Waals surface area contributed by atoms with Crippen molar-refractivity contribution in [2.45, 2.75) is 25.8 Å². The molecule has 1 aliphatic rings. The number of rotatable bonds is 5. The lowest BCUT2D eigenvalue weighted by molar-refractivity contribution is 0.103. The average molecular weight is 561 g/mol. The molecule has 3 heterocycles. The summed E-state index contributed by atoms with van der Waals surface area (Å²) in [5.74, 6) is -0.274. The molecule has 1 aromatic carbocycles. The molecule has 1 unspecified atom stereocenters. The van der Waals surface area contributed by atoms with Crippen LogP contribution in [0.1, 0.15) is 36.9 Å². The minimum absolute atomic E-state index is 0.0608. The highest BCUT2D eigenvalue weighted by molar-refractivity contribution is 14.1. The molecule has 3 N–H and O–H groups in total. The van der Waals surface area contributed by atoms with Gasteiger partial charge in [0.05, 0.1) is 23.1 Å². The van der Waals surface area contributed by atoms with Gasteiger partial charge >= 0.3 is 6.09 Å². The maximum absolute atomic E-state index is 15.1. The van der Waals surface area contributed by atoms with Crippen LogP contribution in [-0.4, -0.2) is 55.5 Å². The third-order valence-corrected chi connectivity index (χ3v) is 6.41. The van der Waals surface area contributed by atoms with E-state index in [2.05, 4.69) is 37.7 Å². The van der Waals surface area contributed by atoms with E-state index in [0.29, 0.717) is 38.5 Å². The largest absolute Gasteiger partial charge is 0.493 e. The van der Waals surface area contributed by atoms with Crippen molar-refractivity contribution in [3.05, 3.63) is 38.1 Å². The van der Waals surface area contributed by atoms with Crippen molar-refractivity contribution in [1.82, 2.24) is 24.6 Å². The highest BCUT2D eigenvalue weighted by Crippen LogP contribution is 2.43. The molecule has 0 bridgehead atoms. The van der Waals surface area contributed by atoms with E-state index in [0.717, 1.165) is 0 Å². The molecule has 0 saturated carbocycles. The van der Waals surface area contributed by atoms with Gasteiger partial charge in [-0.15, -0.1) is 0 Å². The van der Waals surface area contributed by atoms with E-state index in [4.69, 9.17) is 27.2 Å². The van der Waals surface area contributed by atoms with E-state index in [1.807, 2.05) is 6.92 Å². The monoisotopic (exact) mass is 560 g/mol. The predicted molar refractivity (Wildman–Crippen MR) is 121 cm³/mol. The average Bonchev–Trinajstić information content (AvgIpc) is 3.02. The first-order valence-electron chi connectivity index (χ1n) is 9.51. The Morgan fingerprint density at radius 1 is 1.48 bits per heavy atom. The van der Waals surface area contributed by atoms with Crippen molar-refractivity contribution in [2.75, 3.05) is 25.4 Å². The Morgan fingerprint density at radius 2 is 2.19 bits per heavy atom. The second kappa shape index (κ2) is 8.26. The number of nitrogens with zero attached hydrogens (tertiary/aromatic N) is 5. The maximum atomic E-state index is 15.1. The number of carbonyl (C=O) groups is 1. The van der Waals surface area contributed by atoms with Gasteiger partial charge in [0.25, 0.3) is 0 Å². The molecule has 1 saturated heterocycles. The Bertz CT molecular complexity index is 1180. The number of hydrogen-bond acceptors (Lipinski definition) is 6. The summed E-state index contributed by atoms with van der Waals surface area (Å²) in [7, 11) is 0. The van der Waals surface area contributed by atoms with E-state index in [1.165, 1.54) is 17.3 Å². The van der Waals surface area contributed by atoms with E-state index < -0.39 is 18.0 Å². The van der Waals surface area contributed by atoms with Crippen LogP contribution in [0, 0.1) is 9.52 Å². The van der Waals surface area contributed by atoms with Gasteiger partial charge in [-0.05, 0) is 42.5 Å². The lowest BCUT2D eigenvalue weighted by atomic mass is 9.88.